The van der Waals surface area contributed by atoms with Crippen LogP contribution in [-0.4, -0.2) is 28.9 Å². The van der Waals surface area contributed by atoms with E-state index in [9.17, 15) is 0 Å². The van der Waals surface area contributed by atoms with Crippen molar-refractivity contribution in [3.63, 3.8) is 0 Å². The van der Waals surface area contributed by atoms with Crippen LogP contribution < -0.4 is 19.7 Å². The van der Waals surface area contributed by atoms with Gasteiger partial charge in [0.2, 0.25) is 0 Å². The highest BCUT2D eigenvalue weighted by atomic mass is 32.1. The summed E-state index contributed by atoms with van der Waals surface area (Å²) in [6, 6.07) is 13.8. The van der Waals surface area contributed by atoms with Crippen molar-refractivity contribution in [3.05, 3.63) is 71.3 Å². The number of benzene rings is 1. The normalized spacial score (nSPS) is 18.4. The summed E-state index contributed by atoms with van der Waals surface area (Å²) in [5.41, 5.74) is 5.43. The Morgan fingerprint density at radius 3 is 2.47 bits per heavy atom. The van der Waals surface area contributed by atoms with Crippen LogP contribution in [0.25, 0.3) is 0 Å². The van der Waals surface area contributed by atoms with E-state index < -0.39 is 0 Å². The number of anilines is 1. The number of hydrogen-bond acceptors (Lipinski definition) is 4. The Kier molecular flexibility index (Phi) is 5.39. The number of nitrogens with one attached hydrogen (secondary N) is 1. The summed E-state index contributed by atoms with van der Waals surface area (Å²) >= 11 is 5.82. The third-order valence-corrected chi connectivity index (χ3v) is 6.19. The monoisotopic (exact) mass is 422 g/mol. The van der Waals surface area contributed by atoms with E-state index in [-0.39, 0.29) is 12.1 Å². The van der Waals surface area contributed by atoms with E-state index in [4.69, 9.17) is 21.7 Å². The van der Waals surface area contributed by atoms with Crippen LogP contribution in [0.5, 0.6) is 11.5 Å². The lowest BCUT2D eigenvalue weighted by atomic mass is 9.96. The fourth-order valence-corrected chi connectivity index (χ4v) is 4.44. The number of pyridine rings is 1. The molecule has 0 saturated carbocycles. The van der Waals surface area contributed by atoms with Crippen LogP contribution in [0.2, 0.25) is 0 Å². The van der Waals surface area contributed by atoms with Gasteiger partial charge in [0.1, 0.15) is 11.5 Å². The van der Waals surface area contributed by atoms with Crippen molar-refractivity contribution >= 4 is 23.0 Å². The van der Waals surface area contributed by atoms with Gasteiger partial charge in [0.25, 0.3) is 0 Å². The molecule has 4 rings (SSSR count). The van der Waals surface area contributed by atoms with Gasteiger partial charge in [-0.3, -0.25) is 4.98 Å². The largest absolute Gasteiger partial charge is 0.497 e. The van der Waals surface area contributed by atoms with E-state index >= 15 is 0 Å². The first-order valence-corrected chi connectivity index (χ1v) is 10.2. The van der Waals surface area contributed by atoms with Crippen LogP contribution >= 0.6 is 12.2 Å². The zero-order valence-electron chi connectivity index (χ0n) is 17.8. The number of aromatic nitrogens is 2. The third-order valence-electron chi connectivity index (χ3n) is 5.88. The Bertz CT molecular complexity index is 1080. The third kappa shape index (κ3) is 3.29. The summed E-state index contributed by atoms with van der Waals surface area (Å²) < 4.78 is 13.3. The molecule has 30 heavy (non-hydrogen) atoms. The maximum Gasteiger partial charge on any atom is 0.174 e. The molecule has 156 valence electrons. The highest BCUT2D eigenvalue weighted by molar-refractivity contribution is 7.80. The fraction of sp³-hybridized carbons (Fsp3) is 0.304. The van der Waals surface area contributed by atoms with Crippen molar-refractivity contribution in [1.82, 2.24) is 14.9 Å². The van der Waals surface area contributed by atoms with Crippen molar-refractivity contribution in [2.75, 3.05) is 19.1 Å². The fourth-order valence-electron chi connectivity index (χ4n) is 4.10. The second-order valence-corrected chi connectivity index (χ2v) is 7.81. The maximum absolute atomic E-state index is 5.82. The molecular weight excluding hydrogens is 396 g/mol. The average Bonchev–Trinajstić information content (AvgIpc) is 3.24. The summed E-state index contributed by atoms with van der Waals surface area (Å²) in [7, 11) is 5.39. The predicted octanol–water partition coefficient (Wildman–Crippen LogP) is 4.23. The highest BCUT2D eigenvalue weighted by Crippen LogP contribution is 2.46. The van der Waals surface area contributed by atoms with Crippen molar-refractivity contribution in [2.24, 2.45) is 7.05 Å². The summed E-state index contributed by atoms with van der Waals surface area (Å²) in [6.45, 7) is 4.26. The number of hydrogen-bond donors (Lipinski definition) is 1. The van der Waals surface area contributed by atoms with Gasteiger partial charge >= 0.3 is 0 Å². The zero-order chi connectivity index (χ0) is 21.4. The van der Waals surface area contributed by atoms with Gasteiger partial charge in [-0.1, -0.05) is 6.07 Å². The number of thiocarbonyl (C=S) groups is 1. The molecule has 0 spiro atoms. The van der Waals surface area contributed by atoms with Crippen molar-refractivity contribution < 1.29 is 9.47 Å². The first-order valence-electron chi connectivity index (χ1n) is 9.81. The van der Waals surface area contributed by atoms with Gasteiger partial charge in [-0.15, -0.1) is 0 Å². The first-order chi connectivity index (χ1) is 14.5. The molecule has 7 heteroatoms. The second-order valence-electron chi connectivity index (χ2n) is 7.42. The first kappa shape index (κ1) is 20.2. The molecule has 1 fully saturated rings. The summed E-state index contributed by atoms with van der Waals surface area (Å²) in [5.74, 6) is 1.44. The summed E-state index contributed by atoms with van der Waals surface area (Å²) in [5, 5.41) is 4.14. The molecule has 2 aromatic heterocycles. The van der Waals surface area contributed by atoms with Gasteiger partial charge in [-0.25, -0.2) is 0 Å². The summed E-state index contributed by atoms with van der Waals surface area (Å²) in [6.07, 6.45) is 1.82. The predicted molar refractivity (Wildman–Crippen MR) is 122 cm³/mol. The summed E-state index contributed by atoms with van der Waals surface area (Å²) in [4.78, 5) is 6.75. The molecule has 1 N–H and O–H groups in total. The molecule has 6 nitrogen and oxygen atoms in total. The van der Waals surface area contributed by atoms with Gasteiger partial charge in [0, 0.05) is 30.7 Å². The average molecular weight is 423 g/mol. The Morgan fingerprint density at radius 1 is 1.07 bits per heavy atom. The highest BCUT2D eigenvalue weighted by Gasteiger charge is 2.43. The zero-order valence-corrected chi connectivity index (χ0v) is 18.7. The lowest BCUT2D eigenvalue weighted by molar-refractivity contribution is 0.394. The van der Waals surface area contributed by atoms with E-state index in [2.05, 4.69) is 46.7 Å². The van der Waals surface area contributed by atoms with Crippen LogP contribution in [0.1, 0.15) is 34.7 Å². The van der Waals surface area contributed by atoms with Crippen LogP contribution in [-0.2, 0) is 7.05 Å². The second kappa shape index (κ2) is 7.99. The van der Waals surface area contributed by atoms with Crippen molar-refractivity contribution in [3.8, 4) is 11.5 Å². The van der Waals surface area contributed by atoms with Gasteiger partial charge < -0.3 is 24.3 Å². The Labute approximate surface area is 182 Å². The molecule has 2 unspecified atom stereocenters. The molecule has 3 heterocycles. The Hall–Kier alpha value is -3.06. The van der Waals surface area contributed by atoms with Crippen LogP contribution in [0.4, 0.5) is 5.69 Å². The van der Waals surface area contributed by atoms with E-state index in [0.29, 0.717) is 10.9 Å². The molecule has 0 aliphatic carbocycles. The number of nitrogens with zero attached hydrogens (tertiary/aromatic N) is 3. The number of ether oxygens (including phenoxy) is 2. The van der Waals surface area contributed by atoms with Gasteiger partial charge in [0.15, 0.2) is 5.11 Å². The molecular formula is C23H26N4O2S. The van der Waals surface area contributed by atoms with E-state index in [1.54, 1.807) is 14.2 Å². The maximum atomic E-state index is 5.82. The van der Waals surface area contributed by atoms with Gasteiger partial charge in [-0.2, -0.15) is 0 Å². The number of aryl methyl sites for hydroxylation is 1. The van der Waals surface area contributed by atoms with E-state index in [0.717, 1.165) is 17.1 Å². The van der Waals surface area contributed by atoms with E-state index in [1.807, 2.05) is 42.6 Å². The molecule has 0 radical (unpaired) electrons. The van der Waals surface area contributed by atoms with Crippen LogP contribution in [0, 0.1) is 13.8 Å². The van der Waals surface area contributed by atoms with Crippen LogP contribution in [0.3, 0.4) is 0 Å². The molecule has 1 aromatic carbocycles. The minimum atomic E-state index is -0.0917. The van der Waals surface area contributed by atoms with Crippen molar-refractivity contribution in [1.29, 1.82) is 0 Å². The lowest BCUT2D eigenvalue weighted by Crippen LogP contribution is -2.30. The topological polar surface area (TPSA) is 51.5 Å². The SMILES string of the molecule is COc1ccc(N2C(=S)NC(c3ccccn3)C2c2cc(C)n(C)c2C)c(OC)c1. The minimum absolute atomic E-state index is 0.0744. The molecule has 3 aromatic rings. The molecule has 2 atom stereocenters. The minimum Gasteiger partial charge on any atom is -0.497 e. The van der Waals surface area contributed by atoms with Crippen LogP contribution in [0.15, 0.2) is 48.7 Å². The standard InChI is InChI=1S/C23H26N4O2S/c1-14-12-17(15(2)26(14)3)22-21(18-8-6-7-11-24-18)25-23(30)27(22)19-10-9-16(28-4)13-20(19)29-5/h6-13,21-22H,1-5H3,(H,25,30). The van der Waals surface area contributed by atoms with E-state index in [1.165, 1.54) is 17.0 Å². The van der Waals surface area contributed by atoms with Crippen molar-refractivity contribution in [2.45, 2.75) is 25.9 Å². The van der Waals surface area contributed by atoms with Gasteiger partial charge in [0.05, 0.1) is 37.7 Å². The molecule has 0 amide bonds. The lowest BCUT2D eigenvalue weighted by Gasteiger charge is -2.29. The molecule has 1 aliphatic heterocycles. The molecule has 1 saturated heterocycles. The quantitative estimate of drug-likeness (QED) is 0.621. The molecule has 0 bridgehead atoms. The number of methoxy groups -OCH3 is 2. The Balaban J connectivity index is 1.90. The van der Waals surface area contributed by atoms with Gasteiger partial charge in [-0.05, 0) is 62.0 Å². The Morgan fingerprint density at radius 2 is 1.87 bits per heavy atom. The smallest absolute Gasteiger partial charge is 0.174 e. The molecule has 1 aliphatic rings. The number of rotatable bonds is 5.